The smallest absolute Gasteiger partial charge is 0.261 e. The van der Waals surface area contributed by atoms with Crippen LogP contribution in [0.25, 0.3) is 10.9 Å². The number of carbonyl (C=O) groups excluding carboxylic acids is 1. The van der Waals surface area contributed by atoms with Crippen molar-refractivity contribution in [1.29, 1.82) is 0 Å². The monoisotopic (exact) mass is 309 g/mol. The average molecular weight is 309 g/mol. The zero-order chi connectivity index (χ0) is 16.2. The fourth-order valence-electron chi connectivity index (χ4n) is 2.88. The molecule has 4 N–H and O–H groups in total. The van der Waals surface area contributed by atoms with E-state index in [1.54, 1.807) is 12.3 Å². The van der Waals surface area contributed by atoms with Gasteiger partial charge < -0.3 is 15.6 Å². The molecule has 0 unspecified atom stereocenters. The lowest BCUT2D eigenvalue weighted by Crippen LogP contribution is -2.26. The van der Waals surface area contributed by atoms with Crippen LogP contribution in [0.4, 0.5) is 17.2 Å². The first-order chi connectivity index (χ1) is 11.0. The summed E-state index contributed by atoms with van der Waals surface area (Å²) in [7, 11) is 0. The number of anilines is 3. The van der Waals surface area contributed by atoms with E-state index in [0.29, 0.717) is 16.7 Å². The van der Waals surface area contributed by atoms with E-state index in [1.807, 2.05) is 32.0 Å². The van der Waals surface area contributed by atoms with Gasteiger partial charge in [0, 0.05) is 17.6 Å². The summed E-state index contributed by atoms with van der Waals surface area (Å²) < 4.78 is 0. The molecule has 0 spiro atoms. The third-order valence-electron chi connectivity index (χ3n) is 4.26. The molecule has 0 radical (unpaired) electrons. The van der Waals surface area contributed by atoms with E-state index in [0.717, 1.165) is 16.9 Å². The van der Waals surface area contributed by atoms with Crippen molar-refractivity contribution in [3.8, 4) is 0 Å². The van der Waals surface area contributed by atoms with Crippen LogP contribution in [0.1, 0.15) is 19.4 Å². The lowest BCUT2D eigenvalue weighted by atomic mass is 9.86. The molecule has 23 heavy (non-hydrogen) atoms. The summed E-state index contributed by atoms with van der Waals surface area (Å²) in [6.45, 7) is 3.78. The van der Waals surface area contributed by atoms with Gasteiger partial charge in [-0.15, -0.1) is 0 Å². The van der Waals surface area contributed by atoms with Gasteiger partial charge in [0.25, 0.3) is 5.56 Å². The molecule has 0 bridgehead atoms. The predicted molar refractivity (Wildman–Crippen MR) is 88.1 cm³/mol. The van der Waals surface area contributed by atoms with Crippen LogP contribution < -0.4 is 16.2 Å². The zero-order valence-electron chi connectivity index (χ0n) is 12.7. The number of hydrogen-bond acceptors (Lipinski definition) is 4. The van der Waals surface area contributed by atoms with Gasteiger partial charge in [-0.2, -0.15) is 5.10 Å². The van der Waals surface area contributed by atoms with E-state index in [4.69, 9.17) is 0 Å². The number of fused-ring (bicyclic) bond motifs is 2. The van der Waals surface area contributed by atoms with E-state index in [-0.39, 0.29) is 11.5 Å². The van der Waals surface area contributed by atoms with E-state index < -0.39 is 5.41 Å². The van der Waals surface area contributed by atoms with Crippen molar-refractivity contribution in [2.24, 2.45) is 0 Å². The molecule has 7 heteroatoms. The number of aromatic nitrogens is 3. The second-order valence-corrected chi connectivity index (χ2v) is 6.13. The lowest BCUT2D eigenvalue weighted by molar-refractivity contribution is -0.119. The van der Waals surface area contributed by atoms with Gasteiger partial charge in [-0.3, -0.25) is 14.7 Å². The summed E-state index contributed by atoms with van der Waals surface area (Å²) in [5.74, 6) is 0.427. The third-order valence-corrected chi connectivity index (χ3v) is 4.26. The molecule has 1 aliphatic heterocycles. The van der Waals surface area contributed by atoms with Gasteiger partial charge in [-0.1, -0.05) is 6.07 Å². The number of aromatic amines is 2. The maximum Gasteiger partial charge on any atom is 0.261 e. The number of H-pyrrole nitrogens is 2. The molecule has 2 aromatic heterocycles. The highest BCUT2D eigenvalue weighted by Crippen LogP contribution is 2.39. The summed E-state index contributed by atoms with van der Waals surface area (Å²) in [5, 5.41) is 13.4. The SMILES string of the molecule is CC1(C)C(=O)Nc2cc(Nc3n[nH]c4cc[nH]c(=O)c34)ccc21. The van der Waals surface area contributed by atoms with Crippen LogP contribution in [0, 0.1) is 0 Å². The minimum atomic E-state index is -0.538. The molecular formula is C16H15N5O2. The number of rotatable bonds is 2. The summed E-state index contributed by atoms with van der Waals surface area (Å²) in [5.41, 5.74) is 2.39. The Hall–Kier alpha value is -3.09. The van der Waals surface area contributed by atoms with Gasteiger partial charge in [0.1, 0.15) is 5.39 Å². The van der Waals surface area contributed by atoms with Gasteiger partial charge in [-0.05, 0) is 37.6 Å². The highest BCUT2D eigenvalue weighted by Gasteiger charge is 2.38. The predicted octanol–water partition coefficient (Wildman–Crippen LogP) is 2.22. The summed E-state index contributed by atoms with van der Waals surface area (Å²) in [6.07, 6.45) is 1.57. The second-order valence-electron chi connectivity index (χ2n) is 6.13. The first-order valence-corrected chi connectivity index (χ1v) is 7.25. The van der Waals surface area contributed by atoms with Crippen LogP contribution in [0.3, 0.4) is 0 Å². The Balaban J connectivity index is 1.75. The molecule has 1 aliphatic rings. The van der Waals surface area contributed by atoms with Gasteiger partial charge >= 0.3 is 0 Å². The Morgan fingerprint density at radius 1 is 1.17 bits per heavy atom. The highest BCUT2D eigenvalue weighted by molar-refractivity contribution is 6.06. The number of pyridine rings is 1. The van der Waals surface area contributed by atoms with E-state index in [2.05, 4.69) is 25.8 Å². The minimum Gasteiger partial charge on any atom is -0.338 e. The van der Waals surface area contributed by atoms with Crippen LogP contribution in [-0.4, -0.2) is 21.1 Å². The Bertz CT molecular complexity index is 999. The van der Waals surface area contributed by atoms with E-state index in [1.165, 1.54) is 0 Å². The van der Waals surface area contributed by atoms with Gasteiger partial charge in [-0.25, -0.2) is 0 Å². The van der Waals surface area contributed by atoms with Crippen LogP contribution in [0.15, 0.2) is 35.3 Å². The maximum atomic E-state index is 12.0. The lowest BCUT2D eigenvalue weighted by Gasteiger charge is -2.15. The summed E-state index contributed by atoms with van der Waals surface area (Å²) in [6, 6.07) is 7.38. The number of carbonyl (C=O) groups is 1. The van der Waals surface area contributed by atoms with Crippen molar-refractivity contribution < 1.29 is 4.79 Å². The normalized spacial score (nSPS) is 15.5. The van der Waals surface area contributed by atoms with Gasteiger partial charge in [0.15, 0.2) is 5.82 Å². The van der Waals surface area contributed by atoms with Crippen molar-refractivity contribution >= 4 is 34.0 Å². The Morgan fingerprint density at radius 2 is 2.00 bits per heavy atom. The minimum absolute atomic E-state index is 0.0219. The topological polar surface area (TPSA) is 103 Å². The van der Waals surface area contributed by atoms with Crippen molar-refractivity contribution in [2.45, 2.75) is 19.3 Å². The molecule has 1 aromatic carbocycles. The van der Waals surface area contributed by atoms with Gasteiger partial charge in [0.05, 0.1) is 10.9 Å². The van der Waals surface area contributed by atoms with Crippen LogP contribution in [0.2, 0.25) is 0 Å². The summed E-state index contributed by atoms with van der Waals surface area (Å²) in [4.78, 5) is 26.6. The number of nitrogens with zero attached hydrogens (tertiary/aromatic N) is 1. The van der Waals surface area contributed by atoms with E-state index in [9.17, 15) is 9.59 Å². The molecule has 0 saturated carbocycles. The van der Waals surface area contributed by atoms with Crippen molar-refractivity contribution in [2.75, 3.05) is 10.6 Å². The zero-order valence-corrected chi connectivity index (χ0v) is 12.7. The molecule has 116 valence electrons. The molecule has 0 atom stereocenters. The number of amides is 1. The third kappa shape index (κ3) is 1.93. The molecule has 0 fully saturated rings. The number of hydrogen-bond donors (Lipinski definition) is 4. The Morgan fingerprint density at radius 3 is 2.83 bits per heavy atom. The molecule has 7 nitrogen and oxygen atoms in total. The number of benzene rings is 1. The molecule has 4 rings (SSSR count). The van der Waals surface area contributed by atoms with Gasteiger partial charge in [0.2, 0.25) is 5.91 Å². The van der Waals surface area contributed by atoms with Crippen LogP contribution in [0.5, 0.6) is 0 Å². The largest absolute Gasteiger partial charge is 0.338 e. The fraction of sp³-hybridized carbons (Fsp3) is 0.188. The molecule has 3 aromatic rings. The van der Waals surface area contributed by atoms with Crippen molar-refractivity contribution in [3.05, 3.63) is 46.4 Å². The molecular weight excluding hydrogens is 294 g/mol. The first kappa shape index (κ1) is 13.6. The second kappa shape index (κ2) is 4.45. The fourth-order valence-corrected chi connectivity index (χ4v) is 2.88. The highest BCUT2D eigenvalue weighted by atomic mass is 16.2. The van der Waals surface area contributed by atoms with Crippen molar-refractivity contribution in [1.82, 2.24) is 15.2 Å². The molecule has 0 saturated heterocycles. The Kier molecular flexibility index (Phi) is 2.63. The standard InChI is InChI=1S/C16H15N5O2/c1-16(2)9-4-3-8(7-11(9)19-15(16)23)18-13-12-10(20-21-13)5-6-17-14(12)22/h3-7H,1-2H3,(H,17,22)(H,19,23)(H2,18,20,21). The maximum absolute atomic E-state index is 12.0. The quantitative estimate of drug-likeness (QED) is 0.583. The first-order valence-electron chi connectivity index (χ1n) is 7.25. The molecule has 0 aliphatic carbocycles. The average Bonchev–Trinajstić information content (AvgIpc) is 3.00. The number of nitrogens with one attached hydrogen (secondary N) is 4. The molecule has 1 amide bonds. The van der Waals surface area contributed by atoms with Crippen molar-refractivity contribution in [3.63, 3.8) is 0 Å². The van der Waals surface area contributed by atoms with Crippen LogP contribution in [-0.2, 0) is 10.2 Å². The van der Waals surface area contributed by atoms with Crippen LogP contribution >= 0.6 is 0 Å². The molecule has 3 heterocycles. The summed E-state index contributed by atoms with van der Waals surface area (Å²) >= 11 is 0. The van der Waals surface area contributed by atoms with E-state index >= 15 is 0 Å². The Labute approximate surface area is 131 Å².